The molecule has 0 bridgehead atoms. The predicted octanol–water partition coefficient (Wildman–Crippen LogP) is 1.86. The van der Waals surface area contributed by atoms with Gasteiger partial charge in [0.15, 0.2) is 5.13 Å². The smallest absolute Gasteiger partial charge is 0.315 e. The maximum Gasteiger partial charge on any atom is 0.315 e. The summed E-state index contributed by atoms with van der Waals surface area (Å²) >= 11 is 1.29. The van der Waals surface area contributed by atoms with Crippen molar-refractivity contribution in [3.63, 3.8) is 0 Å². The highest BCUT2D eigenvalue weighted by atomic mass is 32.1. The van der Waals surface area contributed by atoms with Gasteiger partial charge in [-0.05, 0) is 18.4 Å². The molecule has 6 nitrogen and oxygen atoms in total. The number of likely N-dealkylation sites (tertiary alicyclic amines) is 1. The molecule has 0 radical (unpaired) electrons. The van der Waals surface area contributed by atoms with Gasteiger partial charge in [0.1, 0.15) is 0 Å². The minimum atomic E-state index is -0.656. The van der Waals surface area contributed by atoms with E-state index in [0.29, 0.717) is 5.13 Å². The Morgan fingerprint density at radius 2 is 1.92 bits per heavy atom. The van der Waals surface area contributed by atoms with Crippen LogP contribution in [-0.2, 0) is 16.1 Å². The van der Waals surface area contributed by atoms with Crippen molar-refractivity contribution in [3.05, 3.63) is 47.5 Å². The van der Waals surface area contributed by atoms with Gasteiger partial charge in [0.25, 0.3) is 0 Å². The predicted molar refractivity (Wildman–Crippen MR) is 93.6 cm³/mol. The van der Waals surface area contributed by atoms with Crippen molar-refractivity contribution in [2.24, 2.45) is 0 Å². The van der Waals surface area contributed by atoms with Crippen molar-refractivity contribution in [2.75, 3.05) is 18.4 Å². The quantitative estimate of drug-likeness (QED) is 0.831. The molecule has 3 rings (SSSR count). The fourth-order valence-electron chi connectivity index (χ4n) is 2.77. The first-order chi connectivity index (χ1) is 11.7. The standard InChI is InChI=1S/C17H20N4O2S/c22-15(16(23)20-17-18-8-11-24-17)19-14-6-9-21(10-7-14)12-13-4-2-1-3-5-13/h1-5,8,11,14H,6-7,9-10,12H2,(H,19,22)(H,18,20,23). The highest BCUT2D eigenvalue weighted by molar-refractivity contribution is 7.13. The number of piperidine rings is 1. The zero-order valence-electron chi connectivity index (χ0n) is 13.3. The summed E-state index contributed by atoms with van der Waals surface area (Å²) in [6.45, 7) is 2.74. The third kappa shape index (κ3) is 4.62. The molecule has 0 saturated carbocycles. The SMILES string of the molecule is O=C(Nc1nccs1)C(=O)NC1CCN(Cc2ccccc2)CC1. The molecule has 2 aromatic rings. The second-order valence-electron chi connectivity index (χ2n) is 5.80. The average molecular weight is 344 g/mol. The lowest BCUT2D eigenvalue weighted by atomic mass is 10.0. The molecule has 0 spiro atoms. The number of hydrogen-bond donors (Lipinski definition) is 2. The van der Waals surface area contributed by atoms with Crippen molar-refractivity contribution in [3.8, 4) is 0 Å². The van der Waals surface area contributed by atoms with Gasteiger partial charge in [0.2, 0.25) is 0 Å². The van der Waals surface area contributed by atoms with Crippen LogP contribution in [0.15, 0.2) is 41.9 Å². The van der Waals surface area contributed by atoms with Crippen molar-refractivity contribution < 1.29 is 9.59 Å². The Balaban J connectivity index is 1.41. The zero-order chi connectivity index (χ0) is 16.8. The number of rotatable bonds is 4. The molecule has 7 heteroatoms. The van der Waals surface area contributed by atoms with E-state index in [-0.39, 0.29) is 6.04 Å². The number of anilines is 1. The van der Waals surface area contributed by atoms with E-state index in [1.54, 1.807) is 11.6 Å². The van der Waals surface area contributed by atoms with E-state index in [0.717, 1.165) is 32.5 Å². The Hall–Kier alpha value is -2.25. The molecule has 2 N–H and O–H groups in total. The number of carbonyl (C=O) groups is 2. The van der Waals surface area contributed by atoms with Crippen LogP contribution >= 0.6 is 11.3 Å². The fraction of sp³-hybridized carbons (Fsp3) is 0.353. The molecule has 2 amide bonds. The van der Waals surface area contributed by atoms with E-state index >= 15 is 0 Å². The normalized spacial score (nSPS) is 15.8. The van der Waals surface area contributed by atoms with Crippen LogP contribution in [0.3, 0.4) is 0 Å². The Kier molecular flexibility index (Phi) is 5.55. The Morgan fingerprint density at radius 1 is 1.17 bits per heavy atom. The first kappa shape index (κ1) is 16.6. The van der Waals surface area contributed by atoms with Crippen molar-refractivity contribution in [2.45, 2.75) is 25.4 Å². The van der Waals surface area contributed by atoms with Gasteiger partial charge in [0.05, 0.1) is 0 Å². The summed E-state index contributed by atoms with van der Waals surface area (Å²) in [7, 11) is 0. The molecule has 0 aliphatic carbocycles. The maximum absolute atomic E-state index is 12.0. The van der Waals surface area contributed by atoms with E-state index in [1.807, 2.05) is 18.2 Å². The van der Waals surface area contributed by atoms with Crippen LogP contribution in [0.5, 0.6) is 0 Å². The van der Waals surface area contributed by atoms with Crippen LogP contribution in [-0.4, -0.2) is 40.8 Å². The van der Waals surface area contributed by atoms with Crippen LogP contribution in [0.4, 0.5) is 5.13 Å². The van der Waals surface area contributed by atoms with Crippen LogP contribution in [0.1, 0.15) is 18.4 Å². The lowest BCUT2D eigenvalue weighted by Crippen LogP contribution is -2.47. The second kappa shape index (κ2) is 8.03. The molecule has 126 valence electrons. The van der Waals surface area contributed by atoms with Gasteiger partial charge >= 0.3 is 11.8 Å². The van der Waals surface area contributed by atoms with E-state index in [2.05, 4.69) is 32.7 Å². The maximum atomic E-state index is 12.0. The number of amides is 2. The number of aromatic nitrogens is 1. The molecule has 0 atom stereocenters. The van der Waals surface area contributed by atoms with E-state index in [1.165, 1.54) is 16.9 Å². The molecule has 1 aliphatic rings. The summed E-state index contributed by atoms with van der Waals surface area (Å²) in [6, 6.07) is 10.4. The summed E-state index contributed by atoms with van der Waals surface area (Å²) in [4.78, 5) is 30.1. The number of hydrogen-bond acceptors (Lipinski definition) is 5. The molecule has 24 heavy (non-hydrogen) atoms. The molecule has 1 saturated heterocycles. The molecule has 1 aliphatic heterocycles. The minimum Gasteiger partial charge on any atom is -0.345 e. The first-order valence-corrected chi connectivity index (χ1v) is 8.86. The summed E-state index contributed by atoms with van der Waals surface area (Å²) in [5, 5.41) is 7.50. The number of benzene rings is 1. The van der Waals surface area contributed by atoms with Crippen molar-refractivity contribution in [1.82, 2.24) is 15.2 Å². The topological polar surface area (TPSA) is 74.3 Å². The van der Waals surface area contributed by atoms with Gasteiger partial charge in [-0.2, -0.15) is 0 Å². The highest BCUT2D eigenvalue weighted by Crippen LogP contribution is 2.14. The van der Waals surface area contributed by atoms with Crippen LogP contribution < -0.4 is 10.6 Å². The van der Waals surface area contributed by atoms with E-state index in [4.69, 9.17) is 0 Å². The third-order valence-corrected chi connectivity index (χ3v) is 4.72. The Bertz CT molecular complexity index is 667. The molecule has 1 aromatic carbocycles. The number of nitrogens with one attached hydrogen (secondary N) is 2. The fourth-order valence-corrected chi connectivity index (χ4v) is 3.29. The van der Waals surface area contributed by atoms with E-state index < -0.39 is 11.8 Å². The minimum absolute atomic E-state index is 0.0477. The monoisotopic (exact) mass is 344 g/mol. The third-order valence-electron chi connectivity index (χ3n) is 4.03. The van der Waals surface area contributed by atoms with Crippen LogP contribution in [0, 0.1) is 0 Å². The van der Waals surface area contributed by atoms with Crippen LogP contribution in [0.2, 0.25) is 0 Å². The number of thiazole rings is 1. The van der Waals surface area contributed by atoms with Crippen LogP contribution in [0.25, 0.3) is 0 Å². The van der Waals surface area contributed by atoms with Gasteiger partial charge in [0, 0.05) is 37.3 Å². The highest BCUT2D eigenvalue weighted by Gasteiger charge is 2.23. The molecular formula is C17H20N4O2S. The van der Waals surface area contributed by atoms with Crippen molar-refractivity contribution in [1.29, 1.82) is 0 Å². The lowest BCUT2D eigenvalue weighted by molar-refractivity contribution is -0.136. The molecule has 2 heterocycles. The lowest BCUT2D eigenvalue weighted by Gasteiger charge is -2.32. The first-order valence-electron chi connectivity index (χ1n) is 7.98. The Labute approximate surface area is 144 Å². The molecular weight excluding hydrogens is 324 g/mol. The summed E-state index contributed by atoms with van der Waals surface area (Å²) in [5.41, 5.74) is 1.29. The van der Waals surface area contributed by atoms with Gasteiger partial charge < -0.3 is 5.32 Å². The average Bonchev–Trinajstić information content (AvgIpc) is 3.10. The van der Waals surface area contributed by atoms with Gasteiger partial charge in [-0.3, -0.25) is 19.8 Å². The van der Waals surface area contributed by atoms with Gasteiger partial charge in [-0.15, -0.1) is 11.3 Å². The molecule has 1 aromatic heterocycles. The summed E-state index contributed by atoms with van der Waals surface area (Å²) in [5.74, 6) is -1.25. The molecule has 1 fully saturated rings. The largest absolute Gasteiger partial charge is 0.345 e. The molecule has 0 unspecified atom stereocenters. The second-order valence-corrected chi connectivity index (χ2v) is 6.70. The number of nitrogens with zero attached hydrogens (tertiary/aromatic N) is 2. The Morgan fingerprint density at radius 3 is 2.58 bits per heavy atom. The van der Waals surface area contributed by atoms with Crippen molar-refractivity contribution >= 4 is 28.3 Å². The zero-order valence-corrected chi connectivity index (χ0v) is 14.1. The number of carbonyl (C=O) groups excluding carboxylic acids is 2. The summed E-state index contributed by atoms with van der Waals surface area (Å²) < 4.78 is 0. The van der Waals surface area contributed by atoms with Gasteiger partial charge in [-0.1, -0.05) is 30.3 Å². The van der Waals surface area contributed by atoms with E-state index in [9.17, 15) is 9.59 Å². The summed E-state index contributed by atoms with van der Waals surface area (Å²) in [6.07, 6.45) is 3.28. The van der Waals surface area contributed by atoms with Gasteiger partial charge in [-0.25, -0.2) is 4.98 Å².